The molecule has 0 saturated heterocycles. The van der Waals surface area contributed by atoms with E-state index in [0.717, 1.165) is 16.9 Å². The van der Waals surface area contributed by atoms with Gasteiger partial charge in [0.2, 0.25) is 0 Å². The average molecular weight is 235 g/mol. The lowest BCUT2D eigenvalue weighted by atomic mass is 10.3. The van der Waals surface area contributed by atoms with Crippen molar-refractivity contribution in [2.45, 2.75) is 12.7 Å². The van der Waals surface area contributed by atoms with E-state index in [-0.39, 0.29) is 0 Å². The third kappa shape index (κ3) is 2.11. The molecule has 0 fully saturated rings. The maximum Gasteiger partial charge on any atom is 0.177 e. The maximum atomic E-state index is 5.50. The average Bonchev–Trinajstić information content (AvgIpc) is 2.70. The van der Waals surface area contributed by atoms with Gasteiger partial charge < -0.3 is 16.0 Å². The van der Waals surface area contributed by atoms with E-state index in [1.54, 1.807) is 0 Å². The fourth-order valence-electron chi connectivity index (χ4n) is 1.46. The lowest BCUT2D eigenvalue weighted by molar-refractivity contribution is 1.16. The van der Waals surface area contributed by atoms with Crippen molar-refractivity contribution in [1.29, 1.82) is 0 Å². The van der Waals surface area contributed by atoms with Crippen LogP contribution in [0.5, 0.6) is 0 Å². The van der Waals surface area contributed by atoms with Crippen molar-refractivity contribution in [3.05, 3.63) is 35.8 Å². The number of hydrogen-bond donors (Lipinski definition) is 2. The highest BCUT2D eigenvalue weighted by molar-refractivity contribution is 8.13. The van der Waals surface area contributed by atoms with Crippen molar-refractivity contribution < 1.29 is 0 Å². The first-order valence-corrected chi connectivity index (χ1v) is 5.78. The lowest BCUT2D eigenvalue weighted by Gasteiger charge is -1.94. The monoisotopic (exact) mass is 235 g/mol. The number of fused-ring (bicyclic) bond motifs is 1. The summed E-state index contributed by atoms with van der Waals surface area (Å²) in [6.07, 6.45) is 3.96. The van der Waals surface area contributed by atoms with E-state index in [4.69, 9.17) is 11.6 Å². The van der Waals surface area contributed by atoms with Gasteiger partial charge in [-0.3, -0.25) is 0 Å². The third-order valence-corrected chi connectivity index (χ3v) is 3.06. The first-order valence-electron chi connectivity index (χ1n) is 4.80. The standard InChI is InChI=1S/C10H13N5S/c1-7-3-2-4-15-5-8(13-9(7)15)6-16-10(11)14-12/h2-5H,6,12H2,1H3,(H2,11,14). The summed E-state index contributed by atoms with van der Waals surface area (Å²) in [7, 11) is 0. The molecule has 5 nitrogen and oxygen atoms in total. The van der Waals surface area contributed by atoms with Gasteiger partial charge in [-0.2, -0.15) is 5.10 Å². The van der Waals surface area contributed by atoms with E-state index in [1.165, 1.54) is 11.8 Å². The molecular formula is C10H13N5S. The smallest absolute Gasteiger partial charge is 0.177 e. The summed E-state index contributed by atoms with van der Waals surface area (Å²) in [6, 6.07) is 4.03. The van der Waals surface area contributed by atoms with Crippen LogP contribution in [0.15, 0.2) is 29.6 Å². The van der Waals surface area contributed by atoms with Crippen LogP contribution in [0.2, 0.25) is 0 Å². The molecule has 0 radical (unpaired) electrons. The molecule has 2 aromatic heterocycles. The number of hydrogen-bond acceptors (Lipinski definition) is 4. The number of nitrogens with zero attached hydrogens (tertiary/aromatic N) is 3. The first kappa shape index (κ1) is 10.8. The van der Waals surface area contributed by atoms with Crippen LogP contribution in [0, 0.1) is 6.92 Å². The number of imidazole rings is 1. The molecule has 0 bridgehead atoms. The zero-order chi connectivity index (χ0) is 11.5. The molecule has 4 N–H and O–H groups in total. The molecule has 0 aliphatic rings. The number of hydrazone groups is 1. The fraction of sp³-hybridized carbons (Fsp3) is 0.200. The van der Waals surface area contributed by atoms with Crippen LogP contribution in [-0.4, -0.2) is 14.6 Å². The number of nitrogens with two attached hydrogens (primary N) is 2. The Morgan fingerprint density at radius 1 is 1.62 bits per heavy atom. The van der Waals surface area contributed by atoms with E-state index < -0.39 is 0 Å². The minimum atomic E-state index is 0.369. The summed E-state index contributed by atoms with van der Waals surface area (Å²) in [5.41, 5.74) is 8.59. The Hall–Kier alpha value is -1.69. The minimum Gasteiger partial charge on any atom is -0.377 e. The van der Waals surface area contributed by atoms with Crippen LogP contribution in [0.1, 0.15) is 11.3 Å². The molecule has 0 atom stereocenters. The Bertz CT molecular complexity index is 531. The molecule has 0 aliphatic carbocycles. The largest absolute Gasteiger partial charge is 0.377 e. The molecule has 0 aliphatic heterocycles. The van der Waals surface area contributed by atoms with E-state index in [0.29, 0.717) is 10.9 Å². The van der Waals surface area contributed by atoms with Crippen LogP contribution in [0.3, 0.4) is 0 Å². The molecule has 0 saturated carbocycles. The SMILES string of the molecule is Cc1cccn2cc(CSC(N)=NN)nc12. The number of aryl methyl sites for hydroxylation is 1. The van der Waals surface area contributed by atoms with E-state index in [2.05, 4.69) is 10.1 Å². The summed E-state index contributed by atoms with van der Waals surface area (Å²) in [5, 5.41) is 3.77. The predicted octanol–water partition coefficient (Wildman–Crippen LogP) is 1.06. The second kappa shape index (κ2) is 4.44. The molecular weight excluding hydrogens is 222 g/mol. The van der Waals surface area contributed by atoms with Gasteiger partial charge in [0, 0.05) is 18.1 Å². The Morgan fingerprint density at radius 2 is 2.44 bits per heavy atom. The fourth-order valence-corrected chi connectivity index (χ4v) is 1.97. The van der Waals surface area contributed by atoms with Gasteiger partial charge in [-0.05, 0) is 18.6 Å². The summed E-state index contributed by atoms with van der Waals surface area (Å²) in [5.74, 6) is 5.73. The molecule has 0 amide bonds. The molecule has 0 unspecified atom stereocenters. The number of aromatic nitrogens is 2. The normalized spacial score (nSPS) is 12.2. The van der Waals surface area contributed by atoms with Crippen LogP contribution in [0.4, 0.5) is 0 Å². The predicted molar refractivity (Wildman–Crippen MR) is 67.0 cm³/mol. The van der Waals surface area contributed by atoms with Crippen LogP contribution < -0.4 is 11.6 Å². The van der Waals surface area contributed by atoms with Gasteiger partial charge in [0.1, 0.15) is 5.65 Å². The van der Waals surface area contributed by atoms with E-state index >= 15 is 0 Å². The van der Waals surface area contributed by atoms with Crippen LogP contribution in [0.25, 0.3) is 5.65 Å². The summed E-state index contributed by atoms with van der Waals surface area (Å²) >= 11 is 1.38. The maximum absolute atomic E-state index is 5.50. The van der Waals surface area contributed by atoms with Crippen LogP contribution in [-0.2, 0) is 5.75 Å². The van der Waals surface area contributed by atoms with Gasteiger partial charge >= 0.3 is 0 Å². The third-order valence-electron chi connectivity index (χ3n) is 2.22. The van der Waals surface area contributed by atoms with Crippen molar-refractivity contribution in [3.8, 4) is 0 Å². The van der Waals surface area contributed by atoms with Crippen molar-refractivity contribution in [1.82, 2.24) is 9.38 Å². The summed E-state index contributed by atoms with van der Waals surface area (Å²) in [4.78, 5) is 4.51. The van der Waals surface area contributed by atoms with Crippen molar-refractivity contribution in [2.75, 3.05) is 0 Å². The number of amidine groups is 1. The minimum absolute atomic E-state index is 0.369. The molecule has 0 aromatic carbocycles. The van der Waals surface area contributed by atoms with E-state index in [9.17, 15) is 0 Å². The van der Waals surface area contributed by atoms with Gasteiger partial charge in [-0.15, -0.1) is 0 Å². The van der Waals surface area contributed by atoms with Crippen molar-refractivity contribution in [3.63, 3.8) is 0 Å². The topological polar surface area (TPSA) is 81.7 Å². The molecule has 16 heavy (non-hydrogen) atoms. The Balaban J connectivity index is 2.23. The Kier molecular flexibility index (Phi) is 3.00. The van der Waals surface area contributed by atoms with E-state index in [1.807, 2.05) is 35.9 Å². The molecule has 2 rings (SSSR count). The van der Waals surface area contributed by atoms with Gasteiger partial charge in [0.15, 0.2) is 5.17 Å². The summed E-state index contributed by atoms with van der Waals surface area (Å²) < 4.78 is 2.00. The molecule has 6 heteroatoms. The second-order valence-electron chi connectivity index (χ2n) is 3.41. The second-order valence-corrected chi connectivity index (χ2v) is 4.41. The number of pyridine rings is 1. The molecule has 0 spiro atoms. The van der Waals surface area contributed by atoms with Crippen LogP contribution >= 0.6 is 11.8 Å². The highest BCUT2D eigenvalue weighted by Gasteiger charge is 2.04. The zero-order valence-corrected chi connectivity index (χ0v) is 9.74. The van der Waals surface area contributed by atoms with Gasteiger partial charge in [0.25, 0.3) is 0 Å². The summed E-state index contributed by atoms with van der Waals surface area (Å²) in [6.45, 7) is 2.04. The van der Waals surface area contributed by atoms with Gasteiger partial charge in [-0.1, -0.05) is 17.8 Å². The number of thioether (sulfide) groups is 1. The Labute approximate surface area is 97.5 Å². The first-order chi connectivity index (χ1) is 7.70. The molecule has 2 heterocycles. The highest BCUT2D eigenvalue weighted by atomic mass is 32.2. The molecule has 2 aromatic rings. The highest BCUT2D eigenvalue weighted by Crippen LogP contribution is 2.14. The lowest BCUT2D eigenvalue weighted by Crippen LogP contribution is -2.09. The zero-order valence-electron chi connectivity index (χ0n) is 8.92. The van der Waals surface area contributed by atoms with Gasteiger partial charge in [-0.25, -0.2) is 4.98 Å². The Morgan fingerprint density at radius 3 is 3.12 bits per heavy atom. The van der Waals surface area contributed by atoms with Gasteiger partial charge in [0.05, 0.1) is 5.69 Å². The molecule has 84 valence electrons. The van der Waals surface area contributed by atoms with Crippen molar-refractivity contribution in [2.24, 2.45) is 16.7 Å². The van der Waals surface area contributed by atoms with Crippen molar-refractivity contribution >= 4 is 22.6 Å². The quantitative estimate of drug-likeness (QED) is 0.353. The number of rotatable bonds is 2.